The maximum atomic E-state index is 12.8. The minimum absolute atomic E-state index is 0.356. The fourth-order valence-electron chi connectivity index (χ4n) is 1.66. The van der Waals surface area contributed by atoms with Gasteiger partial charge in [-0.25, -0.2) is 0 Å². The van der Waals surface area contributed by atoms with Crippen LogP contribution in [0.5, 0.6) is 0 Å². The molecule has 0 amide bonds. The molecule has 2 aromatic carbocycles. The van der Waals surface area contributed by atoms with Gasteiger partial charge in [-0.2, -0.15) is 8.42 Å². The summed E-state index contributed by atoms with van der Waals surface area (Å²) in [4.78, 5) is -0.356. The molecule has 0 aliphatic rings. The first kappa shape index (κ1) is 13.4. The van der Waals surface area contributed by atoms with Crippen LogP contribution in [-0.2, 0) is 16.8 Å². The van der Waals surface area contributed by atoms with Crippen LogP contribution >= 0.6 is 0 Å². The monoisotopic (exact) mass is 280 g/mol. The van der Waals surface area contributed by atoms with Crippen molar-refractivity contribution in [3.05, 3.63) is 54.1 Å². The van der Waals surface area contributed by atoms with Gasteiger partial charge in [0.2, 0.25) is 0 Å². The lowest BCUT2D eigenvalue weighted by Crippen LogP contribution is -2.01. The van der Waals surface area contributed by atoms with Gasteiger partial charge in [-0.05, 0) is 35.9 Å². The van der Waals surface area contributed by atoms with Gasteiger partial charge in [0.05, 0.1) is 0 Å². The zero-order valence-electron chi connectivity index (χ0n) is 10.0. The van der Waals surface area contributed by atoms with Crippen LogP contribution in [0.25, 0.3) is 0 Å². The van der Waals surface area contributed by atoms with Gasteiger partial charge < -0.3 is 11.1 Å². The van der Waals surface area contributed by atoms with E-state index in [1.807, 2.05) is 18.2 Å². The van der Waals surface area contributed by atoms with Crippen LogP contribution in [0.2, 0.25) is 0 Å². The minimum Gasteiger partial charge on any atom is -0.399 e. The van der Waals surface area contributed by atoms with Gasteiger partial charge in [-0.3, -0.25) is 0 Å². The molecular weight excluding hydrogens is 267 g/mol. The molecule has 2 rings (SSSR count). The molecule has 0 aliphatic carbocycles. The van der Waals surface area contributed by atoms with Gasteiger partial charge in [-0.1, -0.05) is 18.2 Å². The predicted molar refractivity (Wildman–Crippen MR) is 72.9 cm³/mol. The highest BCUT2D eigenvalue weighted by atomic mass is 32.3. The van der Waals surface area contributed by atoms with E-state index in [2.05, 4.69) is 5.32 Å². The van der Waals surface area contributed by atoms with E-state index in [9.17, 15) is 12.3 Å². The highest BCUT2D eigenvalue weighted by molar-refractivity contribution is 7.86. The number of benzene rings is 2. The second-order valence-corrected chi connectivity index (χ2v) is 5.41. The summed E-state index contributed by atoms with van der Waals surface area (Å²) in [5, 5.41) is 3.01. The van der Waals surface area contributed by atoms with Crippen LogP contribution in [0.1, 0.15) is 5.56 Å². The highest BCUT2D eigenvalue weighted by Gasteiger charge is 2.11. The lowest BCUT2D eigenvalue weighted by atomic mass is 10.2. The Kier molecular flexibility index (Phi) is 3.71. The third kappa shape index (κ3) is 3.69. The van der Waals surface area contributed by atoms with E-state index in [1.54, 1.807) is 12.1 Å². The van der Waals surface area contributed by atoms with Crippen LogP contribution in [0.3, 0.4) is 0 Å². The molecule has 0 saturated heterocycles. The van der Waals surface area contributed by atoms with Gasteiger partial charge >= 0.3 is 10.2 Å². The van der Waals surface area contributed by atoms with E-state index in [0.29, 0.717) is 17.9 Å². The molecule has 0 bridgehead atoms. The number of hydrogen-bond donors (Lipinski definition) is 2. The molecule has 0 fully saturated rings. The Labute approximate surface area is 111 Å². The van der Waals surface area contributed by atoms with Crippen molar-refractivity contribution in [3.63, 3.8) is 0 Å². The Morgan fingerprint density at radius 1 is 1.11 bits per heavy atom. The maximum Gasteiger partial charge on any atom is 0.332 e. The third-order valence-electron chi connectivity index (χ3n) is 2.56. The number of nitrogens with one attached hydrogen (secondary N) is 1. The number of anilines is 2. The SMILES string of the molecule is Nc1cccc(CNc2cccc(S(=O)(=O)F)c2)c1. The summed E-state index contributed by atoms with van der Waals surface area (Å²) in [7, 11) is -4.67. The van der Waals surface area contributed by atoms with Crippen molar-refractivity contribution in [1.82, 2.24) is 0 Å². The van der Waals surface area contributed by atoms with Gasteiger partial charge in [0.15, 0.2) is 0 Å². The zero-order valence-corrected chi connectivity index (χ0v) is 10.8. The van der Waals surface area contributed by atoms with Crippen LogP contribution in [0.4, 0.5) is 15.3 Å². The molecule has 0 aliphatic heterocycles. The fourth-order valence-corrected chi connectivity index (χ4v) is 2.17. The number of rotatable bonds is 4. The number of hydrogen-bond acceptors (Lipinski definition) is 4. The molecule has 100 valence electrons. The summed E-state index contributed by atoms with van der Waals surface area (Å²) in [6.45, 7) is 0.473. The molecule has 0 atom stereocenters. The molecule has 0 heterocycles. The highest BCUT2D eigenvalue weighted by Crippen LogP contribution is 2.18. The molecule has 19 heavy (non-hydrogen) atoms. The zero-order chi connectivity index (χ0) is 13.9. The van der Waals surface area contributed by atoms with E-state index in [1.165, 1.54) is 18.2 Å². The fraction of sp³-hybridized carbons (Fsp3) is 0.0769. The van der Waals surface area contributed by atoms with E-state index < -0.39 is 10.2 Å². The Bertz CT molecular complexity index is 687. The summed E-state index contributed by atoms with van der Waals surface area (Å²) in [6, 6.07) is 12.9. The first-order chi connectivity index (χ1) is 8.95. The molecular formula is C13H13FN2O2S. The van der Waals surface area contributed by atoms with Crippen molar-refractivity contribution in [2.75, 3.05) is 11.1 Å². The Balaban J connectivity index is 2.12. The van der Waals surface area contributed by atoms with Crippen LogP contribution in [-0.4, -0.2) is 8.42 Å². The molecule has 0 saturated carbocycles. The lowest BCUT2D eigenvalue weighted by Gasteiger charge is -2.07. The summed E-state index contributed by atoms with van der Waals surface area (Å²) in [5.41, 5.74) is 7.79. The molecule has 3 N–H and O–H groups in total. The lowest BCUT2D eigenvalue weighted by molar-refractivity contribution is 0.552. The van der Waals surface area contributed by atoms with Gasteiger partial charge in [0, 0.05) is 17.9 Å². The average molecular weight is 280 g/mol. The molecule has 0 radical (unpaired) electrons. The summed E-state index contributed by atoms with van der Waals surface area (Å²) < 4.78 is 34.4. The van der Waals surface area contributed by atoms with Gasteiger partial charge in [0.25, 0.3) is 0 Å². The third-order valence-corrected chi connectivity index (χ3v) is 3.38. The molecule has 0 spiro atoms. The molecule has 0 aromatic heterocycles. The predicted octanol–water partition coefficient (Wildman–Crippen LogP) is 2.54. The number of nitrogen functional groups attached to an aromatic ring is 1. The summed E-state index contributed by atoms with van der Waals surface area (Å²) >= 11 is 0. The smallest absolute Gasteiger partial charge is 0.332 e. The van der Waals surface area contributed by atoms with Crippen molar-refractivity contribution >= 4 is 21.6 Å². The summed E-state index contributed by atoms with van der Waals surface area (Å²) in [5.74, 6) is 0. The van der Waals surface area contributed by atoms with Crippen molar-refractivity contribution in [3.8, 4) is 0 Å². The van der Waals surface area contributed by atoms with Crippen molar-refractivity contribution in [2.24, 2.45) is 0 Å². The normalized spacial score (nSPS) is 11.2. The van der Waals surface area contributed by atoms with Crippen LogP contribution in [0, 0.1) is 0 Å². The second kappa shape index (κ2) is 5.27. The number of nitrogens with two attached hydrogens (primary N) is 1. The molecule has 6 heteroatoms. The van der Waals surface area contributed by atoms with Crippen LogP contribution in [0.15, 0.2) is 53.4 Å². The Morgan fingerprint density at radius 3 is 2.53 bits per heavy atom. The van der Waals surface area contributed by atoms with Gasteiger partial charge in [-0.15, -0.1) is 3.89 Å². The minimum atomic E-state index is -4.67. The Hall–Kier alpha value is -2.08. The molecule has 0 unspecified atom stereocenters. The quantitative estimate of drug-likeness (QED) is 0.667. The van der Waals surface area contributed by atoms with Crippen molar-refractivity contribution < 1.29 is 12.3 Å². The van der Waals surface area contributed by atoms with E-state index in [0.717, 1.165) is 5.56 Å². The van der Waals surface area contributed by atoms with Crippen molar-refractivity contribution in [1.29, 1.82) is 0 Å². The van der Waals surface area contributed by atoms with Crippen molar-refractivity contribution in [2.45, 2.75) is 11.4 Å². The first-order valence-electron chi connectivity index (χ1n) is 5.58. The van der Waals surface area contributed by atoms with Gasteiger partial charge in [0.1, 0.15) is 4.90 Å². The topological polar surface area (TPSA) is 72.2 Å². The maximum absolute atomic E-state index is 12.8. The van der Waals surface area contributed by atoms with E-state index in [-0.39, 0.29) is 4.90 Å². The average Bonchev–Trinajstić information content (AvgIpc) is 2.36. The summed E-state index contributed by atoms with van der Waals surface area (Å²) in [6.07, 6.45) is 0. The standard InChI is InChI=1S/C13H13FN2O2S/c14-19(17,18)13-6-2-5-12(8-13)16-9-10-3-1-4-11(15)7-10/h1-8,16H,9,15H2. The molecule has 4 nitrogen and oxygen atoms in total. The second-order valence-electron chi connectivity index (χ2n) is 4.06. The van der Waals surface area contributed by atoms with Crippen LogP contribution < -0.4 is 11.1 Å². The first-order valence-corrected chi connectivity index (χ1v) is 6.96. The Morgan fingerprint density at radius 2 is 1.84 bits per heavy atom. The van der Waals surface area contributed by atoms with E-state index >= 15 is 0 Å². The number of halogens is 1. The largest absolute Gasteiger partial charge is 0.399 e. The van der Waals surface area contributed by atoms with E-state index in [4.69, 9.17) is 5.73 Å². The molecule has 2 aromatic rings.